The van der Waals surface area contributed by atoms with Crippen molar-refractivity contribution < 1.29 is 4.42 Å². The van der Waals surface area contributed by atoms with Gasteiger partial charge in [-0.1, -0.05) is 0 Å². The Morgan fingerprint density at radius 2 is 2.54 bits per heavy atom. The Morgan fingerprint density at radius 1 is 1.62 bits per heavy atom. The molecular formula is C8H9N3OS. The summed E-state index contributed by atoms with van der Waals surface area (Å²) in [6.45, 7) is 0. The maximum Gasteiger partial charge on any atom is 0.0935 e. The summed E-state index contributed by atoms with van der Waals surface area (Å²) in [4.78, 5) is 0. The van der Waals surface area contributed by atoms with Gasteiger partial charge in [-0.3, -0.25) is 0 Å². The highest BCUT2D eigenvalue weighted by Crippen LogP contribution is 2.14. The lowest BCUT2D eigenvalue weighted by atomic mass is 10.1. The minimum absolute atomic E-state index is 0.0867. The molecule has 2 aromatic heterocycles. The van der Waals surface area contributed by atoms with Gasteiger partial charge in [0.15, 0.2) is 0 Å². The quantitative estimate of drug-likeness (QED) is 0.803. The van der Waals surface area contributed by atoms with Crippen molar-refractivity contribution >= 4 is 11.7 Å². The van der Waals surface area contributed by atoms with Crippen LogP contribution < -0.4 is 5.73 Å². The minimum Gasteiger partial charge on any atom is -0.472 e. The number of nitrogens with two attached hydrogens (primary N) is 1. The van der Waals surface area contributed by atoms with Crippen LogP contribution >= 0.6 is 11.7 Å². The molecule has 0 amide bonds. The summed E-state index contributed by atoms with van der Waals surface area (Å²) in [6.07, 6.45) is 5.78. The lowest BCUT2D eigenvalue weighted by molar-refractivity contribution is 0.561. The molecule has 2 heterocycles. The normalized spacial score (nSPS) is 13.0. The Bertz CT molecular complexity index is 343. The van der Waals surface area contributed by atoms with Gasteiger partial charge in [-0.05, 0) is 18.1 Å². The fourth-order valence-corrected chi connectivity index (χ4v) is 1.58. The third kappa shape index (κ3) is 1.93. The molecule has 5 heteroatoms. The number of furan rings is 1. The molecule has 0 aliphatic heterocycles. The van der Waals surface area contributed by atoms with Crippen molar-refractivity contribution in [1.82, 2.24) is 8.75 Å². The molecule has 2 aromatic rings. The van der Waals surface area contributed by atoms with E-state index >= 15 is 0 Å². The van der Waals surface area contributed by atoms with Gasteiger partial charge in [-0.15, -0.1) is 0 Å². The first-order valence-electron chi connectivity index (χ1n) is 3.90. The summed E-state index contributed by atoms with van der Waals surface area (Å²) in [7, 11) is 0. The zero-order valence-corrected chi connectivity index (χ0v) is 7.70. The van der Waals surface area contributed by atoms with Gasteiger partial charge in [-0.25, -0.2) is 0 Å². The monoisotopic (exact) mass is 195 g/mol. The van der Waals surface area contributed by atoms with Crippen LogP contribution in [0, 0.1) is 0 Å². The van der Waals surface area contributed by atoms with E-state index in [9.17, 15) is 0 Å². The first kappa shape index (κ1) is 8.40. The minimum atomic E-state index is -0.0867. The molecule has 4 nitrogen and oxygen atoms in total. The first-order valence-corrected chi connectivity index (χ1v) is 4.63. The van der Waals surface area contributed by atoms with Crippen LogP contribution in [0.5, 0.6) is 0 Å². The molecular weight excluding hydrogens is 186 g/mol. The van der Waals surface area contributed by atoms with Crippen LogP contribution in [0.4, 0.5) is 0 Å². The molecule has 2 rings (SSSR count). The van der Waals surface area contributed by atoms with Gasteiger partial charge >= 0.3 is 0 Å². The van der Waals surface area contributed by atoms with Crippen LogP contribution in [-0.2, 0) is 6.42 Å². The molecule has 0 saturated heterocycles. The Balaban J connectivity index is 2.04. The third-order valence-electron chi connectivity index (χ3n) is 1.79. The summed E-state index contributed by atoms with van der Waals surface area (Å²) in [5.41, 5.74) is 7.82. The van der Waals surface area contributed by atoms with E-state index in [1.165, 1.54) is 11.7 Å². The van der Waals surface area contributed by atoms with E-state index < -0.39 is 0 Å². The predicted octanol–water partition coefficient (Wildman–Crippen LogP) is 1.37. The van der Waals surface area contributed by atoms with E-state index in [2.05, 4.69) is 8.75 Å². The highest BCUT2D eigenvalue weighted by atomic mass is 32.1. The van der Waals surface area contributed by atoms with E-state index in [-0.39, 0.29) is 6.04 Å². The van der Waals surface area contributed by atoms with Crippen LogP contribution in [-0.4, -0.2) is 8.75 Å². The second-order valence-electron chi connectivity index (χ2n) is 2.77. The number of aromatic nitrogens is 2. The van der Waals surface area contributed by atoms with Crippen LogP contribution in [0.15, 0.2) is 29.2 Å². The van der Waals surface area contributed by atoms with Crippen molar-refractivity contribution in [3.63, 3.8) is 0 Å². The fourth-order valence-electron chi connectivity index (χ4n) is 1.10. The molecule has 0 aliphatic carbocycles. The standard InChI is InChI=1S/C8H9N3OS/c9-7(8-4-10-13-11-8)3-6-1-2-12-5-6/h1-2,4-5,7H,3,9H2. The van der Waals surface area contributed by atoms with Crippen molar-refractivity contribution in [1.29, 1.82) is 0 Å². The summed E-state index contributed by atoms with van der Waals surface area (Å²) in [5.74, 6) is 0. The van der Waals surface area contributed by atoms with Crippen LogP contribution in [0.25, 0.3) is 0 Å². The van der Waals surface area contributed by atoms with Crippen molar-refractivity contribution in [2.24, 2.45) is 5.73 Å². The van der Waals surface area contributed by atoms with E-state index in [4.69, 9.17) is 10.2 Å². The highest BCUT2D eigenvalue weighted by Gasteiger charge is 2.09. The number of nitrogens with zero attached hydrogens (tertiary/aromatic N) is 2. The van der Waals surface area contributed by atoms with Gasteiger partial charge in [0.05, 0.1) is 42.2 Å². The van der Waals surface area contributed by atoms with Crippen LogP contribution in [0.2, 0.25) is 0 Å². The van der Waals surface area contributed by atoms with Gasteiger partial charge in [0, 0.05) is 0 Å². The van der Waals surface area contributed by atoms with E-state index in [0.717, 1.165) is 17.7 Å². The van der Waals surface area contributed by atoms with Gasteiger partial charge < -0.3 is 10.2 Å². The van der Waals surface area contributed by atoms with Gasteiger partial charge in [-0.2, -0.15) is 8.75 Å². The molecule has 1 atom stereocenters. The topological polar surface area (TPSA) is 64.9 Å². The molecule has 0 radical (unpaired) electrons. The molecule has 0 aliphatic rings. The van der Waals surface area contributed by atoms with Gasteiger partial charge in [0.25, 0.3) is 0 Å². The third-order valence-corrected chi connectivity index (χ3v) is 2.29. The van der Waals surface area contributed by atoms with Gasteiger partial charge in [0.2, 0.25) is 0 Å². The second kappa shape index (κ2) is 3.68. The van der Waals surface area contributed by atoms with Crippen molar-refractivity contribution in [2.45, 2.75) is 12.5 Å². The average Bonchev–Trinajstić information content (AvgIpc) is 2.74. The molecule has 0 spiro atoms. The van der Waals surface area contributed by atoms with Crippen LogP contribution in [0.3, 0.4) is 0 Å². The molecule has 0 fully saturated rings. The fraction of sp³-hybridized carbons (Fsp3) is 0.250. The summed E-state index contributed by atoms with van der Waals surface area (Å²) in [5, 5.41) is 0. The molecule has 1 unspecified atom stereocenters. The molecule has 0 bridgehead atoms. The Hall–Kier alpha value is -1.20. The van der Waals surface area contributed by atoms with E-state index in [1.54, 1.807) is 18.7 Å². The van der Waals surface area contributed by atoms with Crippen LogP contribution in [0.1, 0.15) is 17.3 Å². The molecule has 68 valence electrons. The largest absolute Gasteiger partial charge is 0.472 e. The SMILES string of the molecule is NC(Cc1ccoc1)c1cnsn1. The Kier molecular flexibility index (Phi) is 2.37. The lowest BCUT2D eigenvalue weighted by Crippen LogP contribution is -2.13. The zero-order chi connectivity index (χ0) is 9.10. The van der Waals surface area contributed by atoms with E-state index in [0.29, 0.717) is 0 Å². The van der Waals surface area contributed by atoms with Crippen molar-refractivity contribution in [2.75, 3.05) is 0 Å². The molecule has 13 heavy (non-hydrogen) atoms. The predicted molar refractivity (Wildman–Crippen MR) is 49.2 cm³/mol. The van der Waals surface area contributed by atoms with Gasteiger partial charge in [0.1, 0.15) is 0 Å². The lowest BCUT2D eigenvalue weighted by Gasteiger charge is -2.04. The summed E-state index contributed by atoms with van der Waals surface area (Å²) < 4.78 is 12.9. The first-order chi connectivity index (χ1) is 6.36. The maximum atomic E-state index is 5.89. The molecule has 2 N–H and O–H groups in total. The Morgan fingerprint density at radius 3 is 3.15 bits per heavy atom. The number of rotatable bonds is 3. The number of hydrogen-bond acceptors (Lipinski definition) is 5. The number of hydrogen-bond donors (Lipinski definition) is 1. The highest BCUT2D eigenvalue weighted by molar-refractivity contribution is 6.99. The summed E-state index contributed by atoms with van der Waals surface area (Å²) in [6, 6.07) is 1.82. The van der Waals surface area contributed by atoms with Crippen molar-refractivity contribution in [3.05, 3.63) is 36.0 Å². The molecule has 0 aromatic carbocycles. The summed E-state index contributed by atoms with van der Waals surface area (Å²) >= 11 is 1.18. The smallest absolute Gasteiger partial charge is 0.0935 e. The Labute approximate surface area is 79.7 Å². The van der Waals surface area contributed by atoms with Crippen molar-refractivity contribution in [3.8, 4) is 0 Å². The second-order valence-corrected chi connectivity index (χ2v) is 3.33. The average molecular weight is 195 g/mol. The molecule has 0 saturated carbocycles. The maximum absolute atomic E-state index is 5.89. The van der Waals surface area contributed by atoms with E-state index in [1.807, 2.05) is 6.07 Å². The zero-order valence-electron chi connectivity index (χ0n) is 6.88.